The maximum Gasteiger partial charge on any atom is 0.412 e. The average molecular weight is 1350 g/mol. The van der Waals surface area contributed by atoms with Crippen molar-refractivity contribution in [3.05, 3.63) is 131 Å². The molecule has 22 nitrogen and oxygen atoms in total. The van der Waals surface area contributed by atoms with E-state index in [4.69, 9.17) is 29.4 Å². The number of hydrogen-bond donors (Lipinski definition) is 8. The Morgan fingerprint density at radius 2 is 0.958 bits per heavy atom. The highest BCUT2D eigenvalue weighted by Crippen LogP contribution is 2.31. The third-order valence-corrected chi connectivity index (χ3v) is 17.3. The summed E-state index contributed by atoms with van der Waals surface area (Å²) in [6.45, 7) is 25.1. The number of nitrogens with zero attached hydrogens (tertiary/aromatic N) is 4. The van der Waals surface area contributed by atoms with Crippen LogP contribution in [0.4, 0.5) is 16.2 Å². The number of aliphatic hydroxyl groups is 2. The number of nitrogens with one attached hydrogen (secondary N) is 5. The number of aliphatic hydroxyl groups excluding tert-OH is 2. The highest BCUT2D eigenvalue weighted by atomic mass is 32.1. The normalized spacial score (nSPS) is 16.9. The Kier molecular flexibility index (Phi) is 30.1. The number of amides is 5. The molecule has 8 rings (SSSR count). The summed E-state index contributed by atoms with van der Waals surface area (Å²) in [5, 5.41) is 36.2. The molecule has 6 aromatic rings. The fourth-order valence-corrected chi connectivity index (χ4v) is 12.2. The Labute approximate surface area is 569 Å². The lowest BCUT2D eigenvalue weighted by Crippen LogP contribution is -2.57. The zero-order chi connectivity index (χ0) is 67.5. The van der Waals surface area contributed by atoms with Gasteiger partial charge in [-0.15, -0.1) is 22.7 Å². The fourth-order valence-electron chi connectivity index (χ4n) is 10.6. The highest BCUT2D eigenvalue weighted by Gasteiger charge is 2.45. The number of rotatable bonds is 27. The van der Waals surface area contributed by atoms with Crippen LogP contribution in [0.25, 0.3) is 20.9 Å². The summed E-state index contributed by atoms with van der Waals surface area (Å²) in [6.07, 6.45) is -1.67. The van der Waals surface area contributed by atoms with Gasteiger partial charge in [-0.2, -0.15) is 0 Å². The molecule has 4 aromatic carbocycles. The van der Waals surface area contributed by atoms with Crippen LogP contribution < -0.4 is 41.8 Å². The zero-order valence-electron chi connectivity index (χ0n) is 55.4. The molecule has 0 bridgehead atoms. The van der Waals surface area contributed by atoms with E-state index in [1.54, 1.807) is 79.8 Å². The molecule has 6 atom stereocenters. The zero-order valence-corrected chi connectivity index (χ0v) is 57.0. The van der Waals surface area contributed by atoms with E-state index in [1.165, 1.54) is 9.80 Å². The van der Waals surface area contributed by atoms with E-state index in [0.29, 0.717) is 82.9 Å². The van der Waals surface area contributed by atoms with Gasteiger partial charge in [-0.1, -0.05) is 105 Å². The Bertz CT molecular complexity index is 3350. The lowest BCUT2D eigenvalue weighted by Gasteiger charge is -2.35. The molecule has 0 radical (unpaired) electrons. The van der Waals surface area contributed by atoms with Crippen LogP contribution in [0.3, 0.4) is 0 Å². The van der Waals surface area contributed by atoms with Crippen molar-refractivity contribution in [1.29, 1.82) is 0 Å². The number of carbonyl (C=O) groups is 5. The summed E-state index contributed by atoms with van der Waals surface area (Å²) >= 11 is 3.19. The Balaban J connectivity index is 0.000000340. The number of aromatic nitrogens is 2. The highest BCUT2D eigenvalue weighted by molar-refractivity contribution is 7.13. The molecule has 0 saturated carbocycles. The standard InChI is InChI=1S/C37H51N5O7S.C32H43N5O5S.2CH4/c1-24-31(50-23-40-24)26-10-8-25(9-11-26)21-39-33(44)30-20-28(43)22-42(30)34(45)32(36(2,3)4)38-16-17-47-18-19-48-29-14-12-27(13-15-29)41-35(46)49-37(5,6)7;1-21-28(43-20-36-21)23-7-5-22(6-8-23)18-35-30(39)27-17-25(38)19-37(27)31(40)29(32(2,3)4)34-13-14-41-15-16-42-26-11-9-24(33)10-12-26;;/h8-15,23,28,30,32,38,43H,16-22H2,1-7H3,(H,39,44)(H,41,46);5-12,20,25,27,29,34,38H,13-19,33H2,1-4H3,(H,35,39);2*1H4/t28-,30+,32-;25-,27+,29-;;/m11../s1. The second-order valence-corrected chi connectivity index (χ2v) is 28.0. The third kappa shape index (κ3) is 24.3. The minimum atomic E-state index is -0.780. The Morgan fingerprint density at radius 1 is 0.568 bits per heavy atom. The van der Waals surface area contributed by atoms with Gasteiger partial charge in [-0.25, -0.2) is 14.8 Å². The first-order chi connectivity index (χ1) is 44.1. The van der Waals surface area contributed by atoms with E-state index in [2.05, 4.69) is 36.6 Å². The molecule has 0 unspecified atom stereocenters. The number of benzene rings is 4. The summed E-state index contributed by atoms with van der Waals surface area (Å²) in [4.78, 5) is 80.0. The molecule has 2 aliphatic heterocycles. The minimum Gasteiger partial charge on any atom is -0.491 e. The van der Waals surface area contributed by atoms with Crippen LogP contribution in [0.5, 0.6) is 11.5 Å². The molecule has 9 N–H and O–H groups in total. The monoisotopic (exact) mass is 1350 g/mol. The van der Waals surface area contributed by atoms with Crippen molar-refractivity contribution in [2.45, 2.75) is 159 Å². The van der Waals surface area contributed by atoms with Crippen LogP contribution >= 0.6 is 22.7 Å². The molecule has 2 aliphatic rings. The number of nitrogen functional groups attached to an aromatic ring is 1. The second kappa shape index (κ2) is 36.5. The second-order valence-electron chi connectivity index (χ2n) is 26.3. The number of ether oxygens (including phenoxy) is 5. The van der Waals surface area contributed by atoms with Crippen LogP contribution in [0.1, 0.15) is 113 Å². The minimum absolute atomic E-state index is 0. The van der Waals surface area contributed by atoms with Crippen LogP contribution in [0.2, 0.25) is 0 Å². The molecule has 0 spiro atoms. The lowest BCUT2D eigenvalue weighted by molar-refractivity contribution is -0.142. The largest absolute Gasteiger partial charge is 0.491 e. The average Bonchev–Trinajstić information content (AvgIpc) is 1.72. The van der Waals surface area contributed by atoms with E-state index in [1.807, 2.05) is 127 Å². The van der Waals surface area contributed by atoms with Crippen molar-refractivity contribution in [2.24, 2.45) is 10.8 Å². The van der Waals surface area contributed by atoms with Gasteiger partial charge in [0.2, 0.25) is 23.6 Å². The first-order valence-electron chi connectivity index (χ1n) is 31.5. The summed E-state index contributed by atoms with van der Waals surface area (Å²) in [5.41, 5.74) is 15.2. The molecule has 520 valence electrons. The van der Waals surface area contributed by atoms with Crippen molar-refractivity contribution in [1.82, 2.24) is 41.0 Å². The van der Waals surface area contributed by atoms with Crippen molar-refractivity contribution in [3.63, 3.8) is 0 Å². The molecule has 2 saturated heterocycles. The van der Waals surface area contributed by atoms with Crippen LogP contribution in [-0.4, -0.2) is 167 Å². The summed E-state index contributed by atoms with van der Waals surface area (Å²) in [7, 11) is 0. The van der Waals surface area contributed by atoms with Crippen molar-refractivity contribution in [3.8, 4) is 32.4 Å². The van der Waals surface area contributed by atoms with Crippen LogP contribution in [0, 0.1) is 24.7 Å². The number of hydrogen-bond acceptors (Lipinski definition) is 19. The van der Waals surface area contributed by atoms with Gasteiger partial charge in [0, 0.05) is 63.5 Å². The van der Waals surface area contributed by atoms with Gasteiger partial charge in [0.05, 0.1) is 82.9 Å². The van der Waals surface area contributed by atoms with E-state index in [0.717, 1.165) is 49.1 Å². The van der Waals surface area contributed by atoms with Gasteiger partial charge in [-0.3, -0.25) is 24.5 Å². The Morgan fingerprint density at radius 3 is 1.32 bits per heavy atom. The molecular weight excluding hydrogens is 1250 g/mol. The van der Waals surface area contributed by atoms with Gasteiger partial charge in [-0.05, 0) is 116 Å². The smallest absolute Gasteiger partial charge is 0.412 e. The summed E-state index contributed by atoms with van der Waals surface area (Å²) in [6, 6.07) is 27.4. The summed E-state index contributed by atoms with van der Waals surface area (Å²) in [5.74, 6) is 0.352. The number of thiazole rings is 2. The third-order valence-electron chi connectivity index (χ3n) is 15.4. The molecule has 0 aliphatic carbocycles. The van der Waals surface area contributed by atoms with Crippen molar-refractivity contribution in [2.75, 3.05) is 76.9 Å². The van der Waals surface area contributed by atoms with E-state index in [-0.39, 0.29) is 64.4 Å². The van der Waals surface area contributed by atoms with Gasteiger partial charge in [0.1, 0.15) is 42.4 Å². The van der Waals surface area contributed by atoms with Crippen molar-refractivity contribution < 1.29 is 57.9 Å². The van der Waals surface area contributed by atoms with E-state index >= 15 is 0 Å². The molecule has 24 heteroatoms. The molecule has 4 heterocycles. The molecular formula is C71H102N10O12S2. The van der Waals surface area contributed by atoms with Crippen LogP contribution in [-0.2, 0) is 46.5 Å². The first kappa shape index (κ1) is 78.1. The quantitative estimate of drug-likeness (QED) is 0.0176. The van der Waals surface area contributed by atoms with Gasteiger partial charge in [0.25, 0.3) is 0 Å². The number of aryl methyl sites for hydroxylation is 2. The number of likely N-dealkylation sites (tertiary alicyclic amines) is 2. The Hall–Kier alpha value is -7.55. The SMILES string of the molecule is C.C.Cc1ncsc1-c1ccc(CNC(=O)[C@@H]2C[C@@H](O)CN2C(=O)[C@@H](NCCOCCOc2ccc(N)cc2)C(C)(C)C)cc1.Cc1ncsc1-c1ccc(CNC(=O)[C@@H]2C[C@@H](O)CN2C(=O)[C@@H](NCCOCCOc2ccc(NC(=O)OC(C)(C)C)cc2)C(C)(C)C)cc1. The maximum absolute atomic E-state index is 13.8. The topological polar surface area (TPSA) is 290 Å². The summed E-state index contributed by atoms with van der Waals surface area (Å²) < 4.78 is 28.1. The lowest BCUT2D eigenvalue weighted by atomic mass is 9.85. The number of nitrogens with two attached hydrogens (primary N) is 1. The van der Waals surface area contributed by atoms with E-state index < -0.39 is 58.9 Å². The van der Waals surface area contributed by atoms with Gasteiger partial charge in [0.15, 0.2) is 0 Å². The molecule has 95 heavy (non-hydrogen) atoms. The number of carbonyl (C=O) groups excluding carboxylic acids is 5. The molecule has 5 amide bonds. The van der Waals surface area contributed by atoms with Gasteiger partial charge < -0.3 is 70.7 Å². The first-order valence-corrected chi connectivity index (χ1v) is 33.2. The van der Waals surface area contributed by atoms with Crippen molar-refractivity contribution >= 4 is 63.8 Å². The fraction of sp³-hybridized carbons (Fsp3) is 0.507. The predicted molar refractivity (Wildman–Crippen MR) is 376 cm³/mol. The van der Waals surface area contributed by atoms with E-state index in [9.17, 15) is 34.2 Å². The predicted octanol–water partition coefficient (Wildman–Crippen LogP) is 9.79. The van der Waals surface area contributed by atoms with Gasteiger partial charge >= 0.3 is 6.09 Å². The molecule has 2 aromatic heterocycles. The van der Waals surface area contributed by atoms with Crippen LogP contribution in [0.15, 0.2) is 108 Å². The molecule has 2 fully saturated rings. The number of β-amino-alcohol motifs (C(OH)–C–C–N with tert-alkyl or cyclic N) is 2. The number of anilines is 2. The maximum atomic E-state index is 13.8.